The molecule has 2 heteroatoms. The minimum Gasteiger partial charge on any atom is -0.393 e. The molecule has 76 valence electrons. The van der Waals surface area contributed by atoms with Crippen molar-refractivity contribution in [3.8, 4) is 0 Å². The summed E-state index contributed by atoms with van der Waals surface area (Å²) in [6, 6.07) is 0. The second kappa shape index (κ2) is 1.60. The molecule has 0 spiro atoms. The van der Waals surface area contributed by atoms with E-state index in [1.165, 1.54) is 6.42 Å². The third-order valence-electron chi connectivity index (χ3n) is 6.76. The maximum Gasteiger partial charge on any atom is 0.0688 e. The van der Waals surface area contributed by atoms with E-state index in [2.05, 4.69) is 0 Å². The summed E-state index contributed by atoms with van der Waals surface area (Å²) in [6.45, 7) is 2.05. The molecule has 0 aromatic heterocycles. The summed E-state index contributed by atoms with van der Waals surface area (Å²) in [5.41, 5.74) is -0.425. The zero-order chi connectivity index (χ0) is 9.40. The van der Waals surface area contributed by atoms with Gasteiger partial charge in [-0.1, -0.05) is 0 Å². The first-order valence-corrected chi connectivity index (χ1v) is 6.04. The van der Waals surface area contributed by atoms with Crippen molar-refractivity contribution in [3.63, 3.8) is 0 Å². The molecule has 5 aliphatic rings. The summed E-state index contributed by atoms with van der Waals surface area (Å²) < 4.78 is 0. The highest BCUT2D eigenvalue weighted by molar-refractivity contribution is 5.33. The van der Waals surface area contributed by atoms with Gasteiger partial charge in [-0.3, -0.25) is 0 Å². The summed E-state index contributed by atoms with van der Waals surface area (Å²) >= 11 is 0. The van der Waals surface area contributed by atoms with E-state index in [0.29, 0.717) is 23.7 Å². The molecule has 5 fully saturated rings. The van der Waals surface area contributed by atoms with E-state index < -0.39 is 5.60 Å². The van der Waals surface area contributed by atoms with Crippen LogP contribution in [0.5, 0.6) is 0 Å². The molecule has 0 heterocycles. The van der Waals surface area contributed by atoms with Crippen LogP contribution in [0.25, 0.3) is 0 Å². The molecule has 2 N–H and O–H groups in total. The van der Waals surface area contributed by atoms with Crippen LogP contribution in [0.1, 0.15) is 13.3 Å². The topological polar surface area (TPSA) is 40.5 Å². The minimum atomic E-state index is -0.425. The van der Waals surface area contributed by atoms with Crippen LogP contribution in [0.4, 0.5) is 0 Å². The van der Waals surface area contributed by atoms with Crippen LogP contribution in [0.2, 0.25) is 0 Å². The minimum absolute atomic E-state index is 0.0519. The zero-order valence-corrected chi connectivity index (χ0v) is 8.30. The molecule has 0 radical (unpaired) electrons. The van der Waals surface area contributed by atoms with Crippen LogP contribution in [-0.4, -0.2) is 21.9 Å². The quantitative estimate of drug-likeness (QED) is 0.586. The van der Waals surface area contributed by atoms with Crippen LogP contribution in [0.15, 0.2) is 0 Å². The molecule has 0 amide bonds. The van der Waals surface area contributed by atoms with E-state index in [4.69, 9.17) is 0 Å². The van der Waals surface area contributed by atoms with Gasteiger partial charge < -0.3 is 10.2 Å². The summed E-state index contributed by atoms with van der Waals surface area (Å²) in [4.78, 5) is 0. The number of hydrogen-bond donors (Lipinski definition) is 2. The van der Waals surface area contributed by atoms with Gasteiger partial charge in [-0.05, 0) is 60.7 Å². The fourth-order valence-electron chi connectivity index (χ4n) is 6.94. The maximum atomic E-state index is 10.6. The van der Waals surface area contributed by atoms with Gasteiger partial charge in [0.05, 0.1) is 11.7 Å². The Morgan fingerprint density at radius 1 is 1.00 bits per heavy atom. The van der Waals surface area contributed by atoms with Crippen molar-refractivity contribution in [2.24, 2.45) is 47.3 Å². The smallest absolute Gasteiger partial charge is 0.0688 e. The Hall–Kier alpha value is -0.0800. The van der Waals surface area contributed by atoms with Gasteiger partial charge in [-0.2, -0.15) is 0 Å². The molecule has 5 saturated carbocycles. The lowest BCUT2D eigenvalue weighted by atomic mass is 9.56. The molecule has 0 saturated heterocycles. The van der Waals surface area contributed by atoms with Gasteiger partial charge in [0, 0.05) is 0 Å². The first-order valence-electron chi connectivity index (χ1n) is 6.04. The molecule has 0 aromatic carbocycles. The fraction of sp³-hybridized carbons (Fsp3) is 1.00. The highest BCUT2D eigenvalue weighted by Crippen LogP contribution is 2.85. The van der Waals surface area contributed by atoms with Crippen molar-refractivity contribution in [3.05, 3.63) is 0 Å². The molecule has 5 aliphatic carbocycles. The first kappa shape index (κ1) is 7.24. The van der Waals surface area contributed by atoms with E-state index in [0.717, 1.165) is 23.7 Å². The van der Waals surface area contributed by atoms with Crippen molar-refractivity contribution < 1.29 is 10.2 Å². The maximum absolute atomic E-state index is 10.6. The fourth-order valence-corrected chi connectivity index (χ4v) is 6.94. The van der Waals surface area contributed by atoms with Gasteiger partial charge >= 0.3 is 0 Å². The van der Waals surface area contributed by atoms with Gasteiger partial charge in [-0.25, -0.2) is 0 Å². The molecule has 10 atom stereocenters. The van der Waals surface area contributed by atoms with Gasteiger partial charge in [0.15, 0.2) is 0 Å². The average Bonchev–Trinajstić information content (AvgIpc) is 2.52. The van der Waals surface area contributed by atoms with Gasteiger partial charge in [-0.15, -0.1) is 0 Å². The highest BCUT2D eigenvalue weighted by atomic mass is 16.3. The number of rotatable bonds is 0. The van der Waals surface area contributed by atoms with Crippen molar-refractivity contribution >= 4 is 0 Å². The number of hydrogen-bond acceptors (Lipinski definition) is 2. The van der Waals surface area contributed by atoms with E-state index in [1.54, 1.807) is 0 Å². The van der Waals surface area contributed by atoms with Crippen molar-refractivity contribution in [1.29, 1.82) is 0 Å². The third-order valence-corrected chi connectivity index (χ3v) is 6.76. The van der Waals surface area contributed by atoms with Crippen LogP contribution < -0.4 is 0 Å². The van der Waals surface area contributed by atoms with E-state index in [-0.39, 0.29) is 6.10 Å². The van der Waals surface area contributed by atoms with Gasteiger partial charge in [0.2, 0.25) is 0 Å². The second-order valence-corrected chi connectivity index (χ2v) is 6.64. The summed E-state index contributed by atoms with van der Waals surface area (Å²) in [5, 5.41) is 20.8. The van der Waals surface area contributed by atoms with Crippen molar-refractivity contribution in [2.45, 2.75) is 25.0 Å². The lowest BCUT2D eigenvalue weighted by molar-refractivity contribution is -0.161. The Bertz CT molecular complexity index is 350. The Labute approximate surface area is 83.3 Å². The number of fused-ring (bicyclic) bond motifs is 2. The molecule has 2 bridgehead atoms. The lowest BCUT2D eigenvalue weighted by Gasteiger charge is -2.52. The summed E-state index contributed by atoms with van der Waals surface area (Å²) in [7, 11) is 0. The Morgan fingerprint density at radius 2 is 1.79 bits per heavy atom. The van der Waals surface area contributed by atoms with Gasteiger partial charge in [0.25, 0.3) is 0 Å². The largest absolute Gasteiger partial charge is 0.393 e. The first-order chi connectivity index (χ1) is 6.64. The van der Waals surface area contributed by atoms with Crippen LogP contribution >= 0.6 is 0 Å². The SMILES string of the molecule is C[C@]1(O)C2C3CC4C5C3C1C5[C@H](O)C42. The van der Waals surface area contributed by atoms with Crippen LogP contribution in [-0.2, 0) is 0 Å². The molecule has 5 rings (SSSR count). The monoisotopic (exact) mass is 192 g/mol. The molecular formula is C12H16O2. The number of aliphatic hydroxyl groups is 2. The average molecular weight is 192 g/mol. The normalized spacial score (nSPS) is 85.5. The van der Waals surface area contributed by atoms with E-state index >= 15 is 0 Å². The summed E-state index contributed by atoms with van der Waals surface area (Å²) in [6.07, 6.45) is 1.27. The zero-order valence-electron chi connectivity index (χ0n) is 8.30. The van der Waals surface area contributed by atoms with Gasteiger partial charge in [0.1, 0.15) is 0 Å². The highest BCUT2D eigenvalue weighted by Gasteiger charge is 2.86. The van der Waals surface area contributed by atoms with Crippen molar-refractivity contribution in [2.75, 3.05) is 0 Å². The number of aliphatic hydroxyl groups excluding tert-OH is 1. The van der Waals surface area contributed by atoms with E-state index in [9.17, 15) is 10.2 Å². The predicted octanol–water partition coefficient (Wildman–Crippen LogP) is 0.486. The van der Waals surface area contributed by atoms with Crippen LogP contribution in [0.3, 0.4) is 0 Å². The molecule has 2 nitrogen and oxygen atoms in total. The summed E-state index contributed by atoms with van der Waals surface area (Å²) in [5.74, 6) is 5.06. The Balaban J connectivity index is 1.83. The predicted molar refractivity (Wildman–Crippen MR) is 49.2 cm³/mol. The standard InChI is InChI=1S/C12H16O2/c1-12(14)9-4-2-3-5-6(4)10(12)8(5)11(13)7(3)9/h3-11,13-14H,2H2,1H3/t3?,4?,5?,6?,7?,8?,9?,10?,11-,12+/m1/s1. The van der Waals surface area contributed by atoms with Crippen LogP contribution in [0, 0.1) is 47.3 Å². The molecule has 0 aliphatic heterocycles. The molecule has 14 heavy (non-hydrogen) atoms. The Kier molecular flexibility index (Phi) is 0.825. The lowest BCUT2D eigenvalue weighted by Crippen LogP contribution is -2.57. The second-order valence-electron chi connectivity index (χ2n) is 6.64. The third kappa shape index (κ3) is 0.396. The molecule has 0 aromatic rings. The Morgan fingerprint density at radius 3 is 2.57 bits per heavy atom. The van der Waals surface area contributed by atoms with E-state index in [1.807, 2.05) is 6.92 Å². The van der Waals surface area contributed by atoms with Crippen molar-refractivity contribution in [1.82, 2.24) is 0 Å². The molecule has 8 unspecified atom stereocenters. The molecular weight excluding hydrogens is 176 g/mol.